The number of hydrogen-bond acceptors (Lipinski definition) is 5. The van der Waals surface area contributed by atoms with Crippen molar-refractivity contribution in [3.63, 3.8) is 0 Å². The molecule has 0 radical (unpaired) electrons. The molecule has 1 aromatic rings. The van der Waals surface area contributed by atoms with Crippen LogP contribution in [0.25, 0.3) is 0 Å². The van der Waals surface area contributed by atoms with E-state index in [9.17, 15) is 19.2 Å². The van der Waals surface area contributed by atoms with Crippen molar-refractivity contribution in [2.75, 3.05) is 18.6 Å². The lowest BCUT2D eigenvalue weighted by Crippen LogP contribution is -2.49. The van der Waals surface area contributed by atoms with Gasteiger partial charge in [0.15, 0.2) is 0 Å². The molecular formula is C17H19N3O5. The minimum atomic E-state index is -1.05. The molecule has 1 N–H and O–H groups in total. The van der Waals surface area contributed by atoms with Crippen molar-refractivity contribution in [3.8, 4) is 0 Å². The molecule has 2 aliphatic heterocycles. The van der Waals surface area contributed by atoms with Gasteiger partial charge in [0.05, 0.1) is 7.11 Å². The number of hydrogen-bond donors (Lipinski definition) is 1. The van der Waals surface area contributed by atoms with Crippen molar-refractivity contribution in [2.45, 2.75) is 31.8 Å². The van der Waals surface area contributed by atoms with E-state index in [1.165, 1.54) is 12.0 Å². The molecule has 25 heavy (non-hydrogen) atoms. The molecule has 3 rings (SSSR count). The van der Waals surface area contributed by atoms with Gasteiger partial charge in [0.25, 0.3) is 5.91 Å². The summed E-state index contributed by atoms with van der Waals surface area (Å²) < 4.78 is 4.80. The summed E-state index contributed by atoms with van der Waals surface area (Å²) >= 11 is 0. The summed E-state index contributed by atoms with van der Waals surface area (Å²) in [4.78, 5) is 51.4. The molecule has 2 heterocycles. The highest BCUT2D eigenvalue weighted by molar-refractivity contribution is 6.11. The third-order valence-corrected chi connectivity index (χ3v) is 4.46. The number of fused-ring (bicyclic) bond motifs is 1. The Morgan fingerprint density at radius 3 is 2.56 bits per heavy atom. The Bertz CT molecular complexity index is 773. The summed E-state index contributed by atoms with van der Waals surface area (Å²) in [5.74, 6) is -1.53. The fraction of sp³-hybridized carbons (Fsp3) is 0.412. The van der Waals surface area contributed by atoms with Gasteiger partial charge in [0, 0.05) is 12.1 Å². The molecule has 2 aliphatic rings. The molecule has 0 aliphatic carbocycles. The molecule has 1 aromatic carbocycles. The molecule has 8 heteroatoms. The first-order valence-electron chi connectivity index (χ1n) is 7.88. The molecule has 132 valence electrons. The number of carbonyl (C=O) groups excluding carboxylic acids is 4. The van der Waals surface area contributed by atoms with Crippen LogP contribution in [-0.4, -0.2) is 54.0 Å². The van der Waals surface area contributed by atoms with Gasteiger partial charge in [-0.2, -0.15) is 0 Å². The Balaban J connectivity index is 1.88. The summed E-state index contributed by atoms with van der Waals surface area (Å²) in [6.45, 7) is 2.70. The van der Waals surface area contributed by atoms with Crippen LogP contribution in [0.4, 0.5) is 10.5 Å². The summed E-state index contributed by atoms with van der Waals surface area (Å²) in [6.07, 6.45) is 0.334. The Morgan fingerprint density at radius 1 is 1.28 bits per heavy atom. The largest absolute Gasteiger partial charge is 0.467 e. The smallest absolute Gasteiger partial charge is 0.329 e. The van der Waals surface area contributed by atoms with E-state index >= 15 is 0 Å². The first-order valence-corrected chi connectivity index (χ1v) is 7.88. The topological polar surface area (TPSA) is 96.0 Å². The highest BCUT2D eigenvalue weighted by Gasteiger charge is 2.47. The maximum absolute atomic E-state index is 12.8. The number of para-hydroxylation sites is 1. The lowest BCUT2D eigenvalue weighted by molar-refractivity contribution is -0.143. The molecule has 1 saturated heterocycles. The maximum Gasteiger partial charge on any atom is 0.329 e. The Kier molecular flexibility index (Phi) is 3.98. The van der Waals surface area contributed by atoms with E-state index in [4.69, 9.17) is 4.74 Å². The molecule has 0 saturated carbocycles. The average molecular weight is 345 g/mol. The number of urea groups is 1. The third-order valence-electron chi connectivity index (χ3n) is 4.46. The van der Waals surface area contributed by atoms with Crippen molar-refractivity contribution in [1.29, 1.82) is 0 Å². The molecule has 8 nitrogen and oxygen atoms in total. The second-order valence-electron chi connectivity index (χ2n) is 6.58. The van der Waals surface area contributed by atoms with Crippen LogP contribution in [0.5, 0.6) is 0 Å². The van der Waals surface area contributed by atoms with E-state index in [0.717, 1.165) is 10.5 Å². The monoisotopic (exact) mass is 345 g/mol. The quantitative estimate of drug-likeness (QED) is 0.634. The van der Waals surface area contributed by atoms with Gasteiger partial charge in [-0.3, -0.25) is 19.4 Å². The van der Waals surface area contributed by atoms with Gasteiger partial charge in [0.1, 0.15) is 18.1 Å². The third kappa shape index (κ3) is 2.73. The van der Waals surface area contributed by atoms with Gasteiger partial charge in [0.2, 0.25) is 5.91 Å². The van der Waals surface area contributed by atoms with E-state index in [2.05, 4.69) is 5.32 Å². The van der Waals surface area contributed by atoms with Crippen molar-refractivity contribution in [3.05, 3.63) is 29.8 Å². The zero-order chi connectivity index (χ0) is 18.4. The first kappa shape index (κ1) is 16.9. The number of imide groups is 1. The normalized spacial score (nSPS) is 21.2. The number of esters is 1. The molecule has 1 atom stereocenters. The van der Waals surface area contributed by atoms with Crippen LogP contribution in [0, 0.1) is 0 Å². The van der Waals surface area contributed by atoms with Crippen LogP contribution in [0.3, 0.4) is 0 Å². The lowest BCUT2D eigenvalue weighted by Gasteiger charge is -2.25. The molecule has 0 spiro atoms. The zero-order valence-corrected chi connectivity index (χ0v) is 14.2. The molecule has 0 bridgehead atoms. The number of methoxy groups -OCH3 is 1. The van der Waals surface area contributed by atoms with Crippen molar-refractivity contribution in [1.82, 2.24) is 10.2 Å². The van der Waals surface area contributed by atoms with Crippen LogP contribution in [-0.2, 0) is 25.5 Å². The van der Waals surface area contributed by atoms with E-state index in [0.29, 0.717) is 12.1 Å². The molecule has 0 aromatic heterocycles. The van der Waals surface area contributed by atoms with E-state index in [1.54, 1.807) is 26.0 Å². The van der Waals surface area contributed by atoms with E-state index < -0.39 is 41.9 Å². The Hall–Kier alpha value is -2.90. The number of rotatable bonds is 3. The van der Waals surface area contributed by atoms with Crippen LogP contribution in [0.1, 0.15) is 19.4 Å². The van der Waals surface area contributed by atoms with Gasteiger partial charge >= 0.3 is 12.0 Å². The summed E-state index contributed by atoms with van der Waals surface area (Å²) in [5.41, 5.74) is 0.375. The predicted octanol–water partition coefficient (Wildman–Crippen LogP) is 0.448. The fourth-order valence-electron chi connectivity index (χ4n) is 3.19. The minimum Gasteiger partial charge on any atom is -0.467 e. The zero-order valence-electron chi connectivity index (χ0n) is 14.2. The van der Waals surface area contributed by atoms with Gasteiger partial charge < -0.3 is 10.1 Å². The van der Waals surface area contributed by atoms with Gasteiger partial charge in [-0.15, -0.1) is 0 Å². The lowest BCUT2D eigenvalue weighted by atomic mass is 10.1. The number of amides is 4. The van der Waals surface area contributed by atoms with Crippen LogP contribution in [0.15, 0.2) is 24.3 Å². The molecule has 1 unspecified atom stereocenters. The van der Waals surface area contributed by atoms with E-state index in [1.807, 2.05) is 12.1 Å². The number of benzene rings is 1. The van der Waals surface area contributed by atoms with Crippen molar-refractivity contribution >= 4 is 29.5 Å². The maximum atomic E-state index is 12.8. The van der Waals surface area contributed by atoms with E-state index in [-0.39, 0.29) is 0 Å². The number of nitrogens with one attached hydrogen (secondary N) is 1. The van der Waals surface area contributed by atoms with Gasteiger partial charge in [-0.05, 0) is 25.5 Å². The highest BCUT2D eigenvalue weighted by Crippen LogP contribution is 2.33. The minimum absolute atomic E-state index is 0.334. The van der Waals surface area contributed by atoms with Gasteiger partial charge in [-0.25, -0.2) is 9.59 Å². The molecule has 1 fully saturated rings. The van der Waals surface area contributed by atoms with Crippen LogP contribution >= 0.6 is 0 Å². The second-order valence-corrected chi connectivity index (χ2v) is 6.58. The summed E-state index contributed by atoms with van der Waals surface area (Å²) in [7, 11) is 1.26. The summed E-state index contributed by atoms with van der Waals surface area (Å²) in [6, 6.07) is 5.71. The first-order chi connectivity index (χ1) is 11.8. The molecule has 4 amide bonds. The molecular weight excluding hydrogens is 326 g/mol. The van der Waals surface area contributed by atoms with Crippen LogP contribution < -0.4 is 10.2 Å². The number of nitrogens with zero attached hydrogens (tertiary/aromatic N) is 2. The Labute approximate surface area is 144 Å². The number of ether oxygens (including phenoxy) is 1. The summed E-state index contributed by atoms with van der Waals surface area (Å²) in [5, 5.41) is 2.53. The highest BCUT2D eigenvalue weighted by atomic mass is 16.5. The SMILES string of the molecule is COC(=O)C1Cc2ccccc2N1C(=O)CN1C(=O)NC(C)(C)C1=O. The number of anilines is 1. The standard InChI is InChI=1S/C17H19N3O5/c1-17(2)15(23)19(16(24)18-17)9-13(21)20-11-7-5-4-6-10(11)8-12(20)14(22)25-3/h4-7,12H,8-9H2,1-3H3,(H,18,24). The second kappa shape index (κ2) is 5.87. The predicted molar refractivity (Wildman–Crippen MR) is 87.8 cm³/mol. The fourth-order valence-corrected chi connectivity index (χ4v) is 3.19. The average Bonchev–Trinajstić information content (AvgIpc) is 3.04. The number of carbonyl (C=O) groups is 4. The van der Waals surface area contributed by atoms with Crippen LogP contribution in [0.2, 0.25) is 0 Å². The van der Waals surface area contributed by atoms with Crippen molar-refractivity contribution in [2.24, 2.45) is 0 Å². The van der Waals surface area contributed by atoms with Gasteiger partial charge in [-0.1, -0.05) is 18.2 Å². The van der Waals surface area contributed by atoms with Crippen molar-refractivity contribution < 1.29 is 23.9 Å². The Morgan fingerprint density at radius 2 is 1.96 bits per heavy atom.